The summed E-state index contributed by atoms with van der Waals surface area (Å²) < 4.78 is 16.3. The number of carbonyl (C=O) groups excluding carboxylic acids is 2. The normalized spacial score (nSPS) is 16.0. The van der Waals surface area contributed by atoms with Gasteiger partial charge >= 0.3 is 5.97 Å². The summed E-state index contributed by atoms with van der Waals surface area (Å²) in [6, 6.07) is 13.5. The van der Waals surface area contributed by atoms with Crippen molar-refractivity contribution in [3.8, 4) is 17.2 Å². The molecule has 112 valence electrons. The molecule has 0 aromatic heterocycles. The predicted octanol–water partition coefficient (Wildman–Crippen LogP) is 2.63. The van der Waals surface area contributed by atoms with Gasteiger partial charge in [-0.2, -0.15) is 0 Å². The molecule has 3 rings (SSSR count). The lowest BCUT2D eigenvalue weighted by Gasteiger charge is -2.24. The summed E-state index contributed by atoms with van der Waals surface area (Å²) in [6.45, 7) is 1.58. The van der Waals surface area contributed by atoms with E-state index in [-0.39, 0.29) is 12.4 Å². The van der Waals surface area contributed by atoms with Crippen molar-refractivity contribution in [2.24, 2.45) is 0 Å². The van der Waals surface area contributed by atoms with Crippen LogP contribution in [-0.4, -0.2) is 24.5 Å². The highest BCUT2D eigenvalue weighted by Gasteiger charge is 2.29. The van der Waals surface area contributed by atoms with Gasteiger partial charge in [0, 0.05) is 5.56 Å². The molecule has 0 N–H and O–H groups in total. The lowest BCUT2D eigenvalue weighted by Crippen LogP contribution is -2.39. The number of Topliss-reactive ketones (excluding diaryl/α,β-unsaturated/α-hetero) is 1. The van der Waals surface area contributed by atoms with Crippen molar-refractivity contribution in [3.05, 3.63) is 54.1 Å². The number of benzene rings is 2. The fourth-order valence-corrected chi connectivity index (χ4v) is 2.08. The number of hydrogen-bond donors (Lipinski definition) is 0. The Morgan fingerprint density at radius 1 is 1.05 bits per heavy atom. The second kappa shape index (κ2) is 5.89. The average Bonchev–Trinajstić information content (AvgIpc) is 2.55. The van der Waals surface area contributed by atoms with Crippen molar-refractivity contribution in [2.75, 3.05) is 6.61 Å². The highest BCUT2D eigenvalue weighted by molar-refractivity contribution is 5.94. The summed E-state index contributed by atoms with van der Waals surface area (Å²) in [5, 5.41) is 0. The molecule has 0 fully saturated rings. The molecule has 5 nitrogen and oxygen atoms in total. The lowest BCUT2D eigenvalue weighted by molar-refractivity contribution is -0.144. The number of ketones is 1. The van der Waals surface area contributed by atoms with Gasteiger partial charge in [-0.1, -0.05) is 12.1 Å². The molecular weight excluding hydrogens is 284 g/mol. The third kappa shape index (κ3) is 2.93. The van der Waals surface area contributed by atoms with E-state index in [1.165, 1.54) is 6.92 Å². The molecule has 0 amide bonds. The average molecular weight is 298 g/mol. The van der Waals surface area contributed by atoms with Crippen molar-refractivity contribution in [2.45, 2.75) is 13.0 Å². The Bertz CT molecular complexity index is 705. The highest BCUT2D eigenvalue weighted by Crippen LogP contribution is 2.31. The van der Waals surface area contributed by atoms with Crippen LogP contribution in [0.1, 0.15) is 17.3 Å². The van der Waals surface area contributed by atoms with Gasteiger partial charge in [-0.25, -0.2) is 4.79 Å². The molecule has 0 bridgehead atoms. The molecule has 1 atom stereocenters. The summed E-state index contributed by atoms with van der Waals surface area (Å²) in [5.41, 5.74) is 0.561. The maximum absolute atomic E-state index is 12.1. The molecule has 0 saturated carbocycles. The molecular formula is C17H14O5. The van der Waals surface area contributed by atoms with Crippen LogP contribution in [0.25, 0.3) is 0 Å². The van der Waals surface area contributed by atoms with Crippen LogP contribution in [-0.2, 0) is 4.79 Å². The molecule has 0 aliphatic carbocycles. The van der Waals surface area contributed by atoms with Crippen LogP contribution in [0, 0.1) is 0 Å². The maximum Gasteiger partial charge on any atom is 0.356 e. The summed E-state index contributed by atoms with van der Waals surface area (Å²) in [4.78, 5) is 23.3. The van der Waals surface area contributed by atoms with Gasteiger partial charge in [0.15, 0.2) is 17.3 Å². The summed E-state index contributed by atoms with van der Waals surface area (Å²) in [5.74, 6) is 0.904. The Hall–Kier alpha value is -2.82. The maximum atomic E-state index is 12.1. The number of rotatable bonds is 3. The minimum atomic E-state index is -0.817. The first-order valence-electron chi connectivity index (χ1n) is 6.84. The van der Waals surface area contributed by atoms with Crippen LogP contribution in [0.4, 0.5) is 0 Å². The van der Waals surface area contributed by atoms with E-state index in [0.29, 0.717) is 22.8 Å². The molecule has 2 aromatic rings. The second-order valence-electron chi connectivity index (χ2n) is 4.87. The van der Waals surface area contributed by atoms with Crippen LogP contribution in [0.5, 0.6) is 17.2 Å². The first-order chi connectivity index (χ1) is 10.6. The van der Waals surface area contributed by atoms with Gasteiger partial charge in [0.2, 0.25) is 6.10 Å². The third-order valence-corrected chi connectivity index (χ3v) is 3.25. The molecule has 1 heterocycles. The summed E-state index contributed by atoms with van der Waals surface area (Å²) in [6.07, 6.45) is -0.817. The summed E-state index contributed by atoms with van der Waals surface area (Å²) >= 11 is 0. The molecule has 1 aliphatic rings. The monoisotopic (exact) mass is 298 g/mol. The van der Waals surface area contributed by atoms with Gasteiger partial charge in [0.05, 0.1) is 0 Å². The van der Waals surface area contributed by atoms with Gasteiger partial charge in [-0.05, 0) is 43.3 Å². The van der Waals surface area contributed by atoms with Crippen LogP contribution < -0.4 is 14.2 Å². The Labute approximate surface area is 127 Å². The van der Waals surface area contributed by atoms with E-state index < -0.39 is 12.1 Å². The third-order valence-electron chi connectivity index (χ3n) is 3.25. The topological polar surface area (TPSA) is 61.8 Å². The summed E-state index contributed by atoms with van der Waals surface area (Å²) in [7, 11) is 0. The van der Waals surface area contributed by atoms with Crippen LogP contribution in [0.3, 0.4) is 0 Å². The van der Waals surface area contributed by atoms with Gasteiger partial charge in [0.25, 0.3) is 0 Å². The van der Waals surface area contributed by atoms with E-state index in [2.05, 4.69) is 0 Å². The van der Waals surface area contributed by atoms with Gasteiger partial charge in [-0.3, -0.25) is 4.79 Å². The fourth-order valence-electron chi connectivity index (χ4n) is 2.08. The van der Waals surface area contributed by atoms with Crippen LogP contribution in [0.2, 0.25) is 0 Å². The van der Waals surface area contributed by atoms with Gasteiger partial charge < -0.3 is 14.2 Å². The zero-order chi connectivity index (χ0) is 15.5. The number of carbonyl (C=O) groups is 2. The molecule has 5 heteroatoms. The zero-order valence-electron chi connectivity index (χ0n) is 11.9. The number of para-hydroxylation sites is 2. The number of hydrogen-bond acceptors (Lipinski definition) is 5. The number of ether oxygens (including phenoxy) is 3. The predicted molar refractivity (Wildman–Crippen MR) is 78.4 cm³/mol. The largest absolute Gasteiger partial charge is 0.485 e. The van der Waals surface area contributed by atoms with Crippen molar-refractivity contribution in [3.63, 3.8) is 0 Å². The fraction of sp³-hybridized carbons (Fsp3) is 0.176. The Kier molecular flexibility index (Phi) is 3.78. The molecule has 2 aromatic carbocycles. The van der Waals surface area contributed by atoms with Crippen molar-refractivity contribution in [1.29, 1.82) is 0 Å². The highest BCUT2D eigenvalue weighted by atomic mass is 16.6. The first kappa shape index (κ1) is 14.1. The van der Waals surface area contributed by atoms with E-state index in [1.807, 2.05) is 6.07 Å². The zero-order valence-corrected chi connectivity index (χ0v) is 11.9. The smallest absolute Gasteiger partial charge is 0.356 e. The van der Waals surface area contributed by atoms with Gasteiger partial charge in [-0.15, -0.1) is 0 Å². The van der Waals surface area contributed by atoms with E-state index in [9.17, 15) is 9.59 Å². The van der Waals surface area contributed by atoms with Gasteiger partial charge in [0.1, 0.15) is 12.4 Å². The van der Waals surface area contributed by atoms with E-state index in [0.717, 1.165) is 0 Å². The molecule has 0 spiro atoms. The van der Waals surface area contributed by atoms with E-state index in [4.69, 9.17) is 14.2 Å². The molecule has 0 saturated heterocycles. The standard InChI is InChI=1S/C17H14O5/c1-11(18)12-6-8-13(9-7-12)21-17(19)16-10-20-14-4-2-3-5-15(14)22-16/h2-9,16H,10H2,1H3/t16-/m0/s1. The quantitative estimate of drug-likeness (QED) is 0.495. The van der Waals surface area contributed by atoms with Crippen molar-refractivity contribution < 1.29 is 23.8 Å². The van der Waals surface area contributed by atoms with E-state index >= 15 is 0 Å². The van der Waals surface area contributed by atoms with E-state index in [1.54, 1.807) is 42.5 Å². The number of esters is 1. The Morgan fingerprint density at radius 2 is 1.73 bits per heavy atom. The van der Waals surface area contributed by atoms with Crippen molar-refractivity contribution >= 4 is 11.8 Å². The Balaban J connectivity index is 1.66. The molecule has 22 heavy (non-hydrogen) atoms. The SMILES string of the molecule is CC(=O)c1ccc(OC(=O)[C@@H]2COc3ccccc3O2)cc1. The molecule has 1 aliphatic heterocycles. The van der Waals surface area contributed by atoms with Crippen LogP contribution in [0.15, 0.2) is 48.5 Å². The second-order valence-corrected chi connectivity index (χ2v) is 4.87. The lowest BCUT2D eigenvalue weighted by atomic mass is 10.1. The molecule has 0 radical (unpaired) electrons. The van der Waals surface area contributed by atoms with Crippen LogP contribution >= 0.6 is 0 Å². The molecule has 0 unspecified atom stereocenters. The minimum Gasteiger partial charge on any atom is -0.485 e. The first-order valence-corrected chi connectivity index (χ1v) is 6.84. The minimum absolute atomic E-state index is 0.0431. The Morgan fingerprint density at radius 3 is 2.41 bits per heavy atom. The van der Waals surface area contributed by atoms with Crippen molar-refractivity contribution in [1.82, 2.24) is 0 Å². The number of fused-ring (bicyclic) bond motifs is 1.